The van der Waals surface area contributed by atoms with Crippen molar-refractivity contribution in [2.24, 2.45) is 16.1 Å². The molecule has 1 fully saturated rings. The first-order valence-electron chi connectivity index (χ1n) is 6.11. The van der Waals surface area contributed by atoms with Gasteiger partial charge in [-0.3, -0.25) is 4.99 Å². The standard InChI is InChI=1S/C12H25N3/c1-5-12(6-2)7-8-15(9-12)11(13)14-10(3)4/h10H,5-9H2,1-4H3,(H2,13,14). The lowest BCUT2D eigenvalue weighted by Crippen LogP contribution is -2.37. The van der Waals surface area contributed by atoms with Crippen LogP contribution in [0.15, 0.2) is 4.99 Å². The number of guanidine groups is 1. The molecule has 0 amide bonds. The Kier molecular flexibility index (Phi) is 4.00. The van der Waals surface area contributed by atoms with Crippen molar-refractivity contribution in [3.63, 3.8) is 0 Å². The molecule has 1 aliphatic rings. The van der Waals surface area contributed by atoms with Crippen molar-refractivity contribution in [1.29, 1.82) is 0 Å². The van der Waals surface area contributed by atoms with Gasteiger partial charge in [-0.05, 0) is 38.5 Å². The molecule has 1 heterocycles. The van der Waals surface area contributed by atoms with E-state index in [2.05, 4.69) is 37.6 Å². The van der Waals surface area contributed by atoms with Gasteiger partial charge in [0.05, 0.1) is 0 Å². The molecule has 0 aromatic heterocycles. The third-order valence-corrected chi connectivity index (χ3v) is 3.65. The average molecular weight is 211 g/mol. The average Bonchev–Trinajstić information content (AvgIpc) is 2.62. The fourth-order valence-electron chi connectivity index (χ4n) is 2.30. The normalized spacial score (nSPS) is 21.4. The number of likely N-dealkylation sites (tertiary alicyclic amines) is 1. The first-order chi connectivity index (χ1) is 7.03. The molecule has 2 N–H and O–H groups in total. The van der Waals surface area contributed by atoms with E-state index >= 15 is 0 Å². The van der Waals surface area contributed by atoms with E-state index in [9.17, 15) is 0 Å². The molecule has 3 nitrogen and oxygen atoms in total. The Hall–Kier alpha value is -0.730. The van der Waals surface area contributed by atoms with Gasteiger partial charge in [0, 0.05) is 19.1 Å². The molecular formula is C12H25N3. The molecule has 88 valence electrons. The van der Waals surface area contributed by atoms with E-state index in [-0.39, 0.29) is 0 Å². The van der Waals surface area contributed by atoms with Crippen LogP contribution in [0.2, 0.25) is 0 Å². The highest BCUT2D eigenvalue weighted by molar-refractivity contribution is 5.78. The van der Waals surface area contributed by atoms with Crippen LogP contribution < -0.4 is 5.73 Å². The number of nitrogens with two attached hydrogens (primary N) is 1. The van der Waals surface area contributed by atoms with E-state index in [1.54, 1.807) is 0 Å². The minimum atomic E-state index is 0.295. The Morgan fingerprint density at radius 2 is 2.00 bits per heavy atom. The fraction of sp³-hybridized carbons (Fsp3) is 0.917. The van der Waals surface area contributed by atoms with E-state index in [0.717, 1.165) is 19.0 Å². The summed E-state index contributed by atoms with van der Waals surface area (Å²) in [5, 5.41) is 0. The maximum absolute atomic E-state index is 5.99. The van der Waals surface area contributed by atoms with Crippen LogP contribution in [0.25, 0.3) is 0 Å². The Labute approximate surface area is 93.7 Å². The molecular weight excluding hydrogens is 186 g/mol. The Morgan fingerprint density at radius 1 is 1.40 bits per heavy atom. The summed E-state index contributed by atoms with van der Waals surface area (Å²) in [7, 11) is 0. The molecule has 0 spiro atoms. The van der Waals surface area contributed by atoms with E-state index in [4.69, 9.17) is 5.73 Å². The van der Waals surface area contributed by atoms with Crippen molar-refractivity contribution in [3.05, 3.63) is 0 Å². The summed E-state index contributed by atoms with van der Waals surface area (Å²) in [4.78, 5) is 6.66. The lowest BCUT2D eigenvalue weighted by molar-refractivity contribution is 0.277. The number of hydrogen-bond acceptors (Lipinski definition) is 1. The van der Waals surface area contributed by atoms with Crippen LogP contribution in [0.3, 0.4) is 0 Å². The minimum Gasteiger partial charge on any atom is -0.370 e. The maximum Gasteiger partial charge on any atom is 0.191 e. The SMILES string of the molecule is CCC1(CC)CCN(C(N)=NC(C)C)C1. The highest BCUT2D eigenvalue weighted by Gasteiger charge is 2.35. The topological polar surface area (TPSA) is 41.6 Å². The molecule has 0 aromatic carbocycles. The summed E-state index contributed by atoms with van der Waals surface area (Å²) in [5.74, 6) is 0.730. The van der Waals surface area contributed by atoms with Gasteiger partial charge in [0.1, 0.15) is 0 Å². The monoisotopic (exact) mass is 211 g/mol. The van der Waals surface area contributed by atoms with Crippen LogP contribution in [0.4, 0.5) is 0 Å². The zero-order valence-electron chi connectivity index (χ0n) is 10.6. The van der Waals surface area contributed by atoms with Crippen LogP contribution in [-0.2, 0) is 0 Å². The second-order valence-electron chi connectivity index (χ2n) is 4.96. The zero-order chi connectivity index (χ0) is 11.5. The molecule has 0 aliphatic carbocycles. The van der Waals surface area contributed by atoms with Gasteiger partial charge in [-0.15, -0.1) is 0 Å². The van der Waals surface area contributed by atoms with Gasteiger partial charge in [0.25, 0.3) is 0 Å². The molecule has 3 heteroatoms. The van der Waals surface area contributed by atoms with E-state index < -0.39 is 0 Å². The quantitative estimate of drug-likeness (QED) is 0.574. The first kappa shape index (κ1) is 12.3. The van der Waals surface area contributed by atoms with E-state index in [1.807, 2.05) is 0 Å². The predicted molar refractivity (Wildman–Crippen MR) is 66.0 cm³/mol. The van der Waals surface area contributed by atoms with Gasteiger partial charge < -0.3 is 10.6 Å². The Morgan fingerprint density at radius 3 is 2.40 bits per heavy atom. The fourth-order valence-corrected chi connectivity index (χ4v) is 2.30. The largest absolute Gasteiger partial charge is 0.370 e. The van der Waals surface area contributed by atoms with Gasteiger partial charge in [0.15, 0.2) is 5.96 Å². The lowest BCUT2D eigenvalue weighted by Gasteiger charge is -2.26. The molecule has 0 aromatic rings. The lowest BCUT2D eigenvalue weighted by atomic mass is 9.82. The second-order valence-corrected chi connectivity index (χ2v) is 4.96. The van der Waals surface area contributed by atoms with Crippen molar-refractivity contribution < 1.29 is 0 Å². The first-order valence-corrected chi connectivity index (χ1v) is 6.11. The minimum absolute atomic E-state index is 0.295. The van der Waals surface area contributed by atoms with Crippen LogP contribution in [-0.4, -0.2) is 30.0 Å². The summed E-state index contributed by atoms with van der Waals surface area (Å²) < 4.78 is 0. The second kappa shape index (κ2) is 4.86. The molecule has 1 aliphatic heterocycles. The van der Waals surface area contributed by atoms with Gasteiger partial charge in [-0.2, -0.15) is 0 Å². The molecule has 0 atom stereocenters. The van der Waals surface area contributed by atoms with Crippen LogP contribution in [0.5, 0.6) is 0 Å². The predicted octanol–water partition coefficient (Wildman–Crippen LogP) is 2.22. The van der Waals surface area contributed by atoms with Gasteiger partial charge in [-0.25, -0.2) is 0 Å². The molecule has 1 saturated heterocycles. The Bertz CT molecular complexity index is 229. The van der Waals surface area contributed by atoms with Crippen molar-refractivity contribution in [3.8, 4) is 0 Å². The van der Waals surface area contributed by atoms with Gasteiger partial charge in [0.2, 0.25) is 0 Å². The van der Waals surface area contributed by atoms with Crippen molar-refractivity contribution in [1.82, 2.24) is 4.90 Å². The highest BCUT2D eigenvalue weighted by Crippen LogP contribution is 2.36. The van der Waals surface area contributed by atoms with Crippen molar-refractivity contribution >= 4 is 5.96 Å². The highest BCUT2D eigenvalue weighted by atomic mass is 15.3. The van der Waals surface area contributed by atoms with E-state index in [0.29, 0.717) is 11.5 Å². The number of rotatable bonds is 3. The van der Waals surface area contributed by atoms with Crippen molar-refractivity contribution in [2.75, 3.05) is 13.1 Å². The Balaban J connectivity index is 2.63. The number of hydrogen-bond donors (Lipinski definition) is 1. The number of aliphatic imine (C=N–C) groups is 1. The summed E-state index contributed by atoms with van der Waals surface area (Å²) in [6.45, 7) is 10.9. The zero-order valence-corrected chi connectivity index (χ0v) is 10.6. The van der Waals surface area contributed by atoms with E-state index in [1.165, 1.54) is 19.3 Å². The summed E-state index contributed by atoms with van der Waals surface area (Å²) in [5.41, 5.74) is 6.47. The molecule has 0 radical (unpaired) electrons. The smallest absolute Gasteiger partial charge is 0.191 e. The molecule has 0 saturated carbocycles. The third kappa shape index (κ3) is 2.86. The van der Waals surface area contributed by atoms with Gasteiger partial charge in [-0.1, -0.05) is 13.8 Å². The summed E-state index contributed by atoms with van der Waals surface area (Å²) in [6, 6.07) is 0.295. The molecule has 1 rings (SSSR count). The molecule has 0 unspecified atom stereocenters. The summed E-state index contributed by atoms with van der Waals surface area (Å²) in [6.07, 6.45) is 3.75. The van der Waals surface area contributed by atoms with Gasteiger partial charge >= 0.3 is 0 Å². The summed E-state index contributed by atoms with van der Waals surface area (Å²) >= 11 is 0. The number of nitrogens with zero attached hydrogens (tertiary/aromatic N) is 2. The van der Waals surface area contributed by atoms with Crippen LogP contribution in [0.1, 0.15) is 47.0 Å². The third-order valence-electron chi connectivity index (χ3n) is 3.65. The van der Waals surface area contributed by atoms with Crippen molar-refractivity contribution in [2.45, 2.75) is 53.0 Å². The maximum atomic E-state index is 5.99. The van der Waals surface area contributed by atoms with Crippen LogP contribution in [0, 0.1) is 5.41 Å². The molecule has 15 heavy (non-hydrogen) atoms. The molecule has 0 bridgehead atoms. The van der Waals surface area contributed by atoms with Crippen LogP contribution >= 0.6 is 0 Å².